The van der Waals surface area contributed by atoms with Gasteiger partial charge in [0, 0.05) is 11.0 Å². The SMILES string of the molecule is CC(C)(C)c1cc(P(c2cc(C(C)(C)C)cc(C(C)(C)C)c2)c2cccc3c2[C@@]2(CCc4cccc(C5=NCCO5)c42)CC3)cc(C(C)(C)C)c1. The van der Waals surface area contributed by atoms with Gasteiger partial charge in [-0.1, -0.05) is 150 Å². The molecule has 51 heavy (non-hydrogen) atoms. The fraction of sp³-hybridized carbons (Fsp3) is 0.479. The van der Waals surface area contributed by atoms with E-state index in [1.165, 1.54) is 60.4 Å². The van der Waals surface area contributed by atoms with E-state index in [0.717, 1.165) is 38.1 Å². The molecule has 1 spiro atoms. The first-order valence-electron chi connectivity index (χ1n) is 19.3. The Labute approximate surface area is 310 Å². The number of aryl methyl sites for hydroxylation is 2. The van der Waals surface area contributed by atoms with Crippen molar-refractivity contribution < 1.29 is 4.74 Å². The molecule has 0 fully saturated rings. The van der Waals surface area contributed by atoms with Crippen molar-refractivity contribution in [3.8, 4) is 0 Å². The van der Waals surface area contributed by atoms with Gasteiger partial charge in [0.15, 0.2) is 0 Å². The number of hydrogen-bond donors (Lipinski definition) is 0. The second-order valence-electron chi connectivity index (χ2n) is 19.6. The summed E-state index contributed by atoms with van der Waals surface area (Å²) in [6.07, 6.45) is 4.50. The zero-order valence-electron chi connectivity index (χ0n) is 33.5. The zero-order valence-corrected chi connectivity index (χ0v) is 34.4. The average Bonchev–Trinajstić information content (AvgIpc) is 3.80. The topological polar surface area (TPSA) is 21.6 Å². The average molecular weight is 698 g/mol. The summed E-state index contributed by atoms with van der Waals surface area (Å²) in [7, 11) is -0.915. The number of fused-ring (bicyclic) bond motifs is 4. The maximum Gasteiger partial charge on any atom is 0.216 e. The van der Waals surface area contributed by atoms with Gasteiger partial charge < -0.3 is 4.74 Å². The van der Waals surface area contributed by atoms with E-state index in [2.05, 4.69) is 156 Å². The number of nitrogens with zero attached hydrogens (tertiary/aromatic N) is 1. The lowest BCUT2D eigenvalue weighted by atomic mass is 9.74. The van der Waals surface area contributed by atoms with Crippen LogP contribution >= 0.6 is 7.92 Å². The van der Waals surface area contributed by atoms with Gasteiger partial charge in [0.1, 0.15) is 6.61 Å². The third kappa shape index (κ3) is 6.54. The highest BCUT2D eigenvalue weighted by Crippen LogP contribution is 2.55. The summed E-state index contributed by atoms with van der Waals surface area (Å²) >= 11 is 0. The highest BCUT2D eigenvalue weighted by molar-refractivity contribution is 7.80. The molecule has 4 aromatic rings. The zero-order chi connectivity index (χ0) is 36.7. The third-order valence-electron chi connectivity index (χ3n) is 11.8. The summed E-state index contributed by atoms with van der Waals surface area (Å²) in [6, 6.07) is 29.5. The molecule has 0 N–H and O–H groups in total. The van der Waals surface area contributed by atoms with E-state index in [0.29, 0.717) is 6.61 Å². The number of aliphatic imine (C=N–C) groups is 1. The molecule has 0 unspecified atom stereocenters. The molecule has 0 bridgehead atoms. The van der Waals surface area contributed by atoms with Gasteiger partial charge in [-0.25, -0.2) is 4.99 Å². The Morgan fingerprint density at radius 1 is 0.569 bits per heavy atom. The van der Waals surface area contributed by atoms with Gasteiger partial charge in [0.2, 0.25) is 5.90 Å². The Hall–Kier alpha value is -3.22. The van der Waals surface area contributed by atoms with Crippen LogP contribution in [0.1, 0.15) is 146 Å². The van der Waals surface area contributed by atoms with E-state index in [1.54, 1.807) is 5.56 Å². The van der Waals surface area contributed by atoms with Crippen LogP contribution in [0.2, 0.25) is 0 Å². The molecular formula is C48H60NOP. The van der Waals surface area contributed by atoms with Crippen LogP contribution in [0.3, 0.4) is 0 Å². The van der Waals surface area contributed by atoms with Crippen LogP contribution in [0, 0.1) is 0 Å². The van der Waals surface area contributed by atoms with E-state index < -0.39 is 7.92 Å². The second kappa shape index (κ2) is 12.4. The molecule has 268 valence electrons. The van der Waals surface area contributed by atoms with E-state index in [9.17, 15) is 0 Å². The van der Waals surface area contributed by atoms with Crippen LogP contribution in [-0.4, -0.2) is 19.0 Å². The van der Waals surface area contributed by atoms with Gasteiger partial charge in [-0.15, -0.1) is 0 Å². The predicted molar refractivity (Wildman–Crippen MR) is 221 cm³/mol. The van der Waals surface area contributed by atoms with Gasteiger partial charge in [0.25, 0.3) is 0 Å². The summed E-state index contributed by atoms with van der Waals surface area (Å²) in [5.74, 6) is 0.849. The normalized spacial score (nSPS) is 19.0. The van der Waals surface area contributed by atoms with Crippen LogP contribution in [0.15, 0.2) is 77.8 Å². The molecule has 3 aliphatic rings. The number of benzene rings is 4. The van der Waals surface area contributed by atoms with Crippen molar-refractivity contribution in [2.45, 2.75) is 136 Å². The van der Waals surface area contributed by atoms with Crippen LogP contribution in [0.5, 0.6) is 0 Å². The number of hydrogen-bond acceptors (Lipinski definition) is 2. The molecule has 1 aliphatic heterocycles. The molecule has 2 aliphatic carbocycles. The highest BCUT2D eigenvalue weighted by atomic mass is 31.1. The Kier molecular flexibility index (Phi) is 8.82. The van der Waals surface area contributed by atoms with E-state index in [-0.39, 0.29) is 27.1 Å². The summed E-state index contributed by atoms with van der Waals surface area (Å²) in [5, 5.41) is 4.48. The Morgan fingerprint density at radius 2 is 1.02 bits per heavy atom. The molecule has 0 saturated heterocycles. The second-order valence-corrected chi connectivity index (χ2v) is 21.8. The molecule has 2 nitrogen and oxygen atoms in total. The lowest BCUT2D eigenvalue weighted by Crippen LogP contribution is -2.34. The highest BCUT2D eigenvalue weighted by Gasteiger charge is 2.49. The van der Waals surface area contributed by atoms with Crippen molar-refractivity contribution in [1.29, 1.82) is 0 Å². The standard InChI is InChI=1S/C48H60NOP/c1-44(2,3)33-25-34(45(4,5)6)28-37(27-33)51(38-29-35(46(7,8)9)26-36(30-38)47(10,11)12)40-18-14-16-32-20-22-48(42(32)40)21-19-31-15-13-17-39(41(31)48)43-49-23-24-50-43/h13-18,25-30H,19-24H2,1-12H3/t48-/m0/s1. The molecular weight excluding hydrogens is 638 g/mol. The smallest absolute Gasteiger partial charge is 0.216 e. The van der Waals surface area contributed by atoms with Crippen molar-refractivity contribution in [1.82, 2.24) is 0 Å². The minimum atomic E-state index is -0.915. The Bertz CT molecular complexity index is 1880. The van der Waals surface area contributed by atoms with Crippen molar-refractivity contribution in [2.24, 2.45) is 4.99 Å². The van der Waals surface area contributed by atoms with Crippen LogP contribution < -0.4 is 15.9 Å². The third-order valence-corrected chi connectivity index (χ3v) is 14.2. The maximum atomic E-state index is 6.21. The van der Waals surface area contributed by atoms with Gasteiger partial charge in [-0.05, 0) is 122 Å². The number of ether oxygens (including phenoxy) is 1. The van der Waals surface area contributed by atoms with Crippen molar-refractivity contribution in [3.05, 3.63) is 123 Å². The minimum absolute atomic E-state index is 0.0298. The summed E-state index contributed by atoms with van der Waals surface area (Å²) < 4.78 is 6.21. The minimum Gasteiger partial charge on any atom is -0.476 e. The Balaban J connectivity index is 1.57. The first kappa shape index (κ1) is 36.2. The molecule has 4 aromatic carbocycles. The van der Waals surface area contributed by atoms with Crippen molar-refractivity contribution >= 4 is 29.7 Å². The van der Waals surface area contributed by atoms with Crippen molar-refractivity contribution in [3.63, 3.8) is 0 Å². The maximum absolute atomic E-state index is 6.21. The predicted octanol–water partition coefficient (Wildman–Crippen LogP) is 10.6. The fourth-order valence-electron chi connectivity index (χ4n) is 8.67. The van der Waals surface area contributed by atoms with Gasteiger partial charge in [0.05, 0.1) is 6.54 Å². The fourth-order valence-corrected chi connectivity index (χ4v) is 11.4. The molecule has 3 heteroatoms. The van der Waals surface area contributed by atoms with E-state index >= 15 is 0 Å². The summed E-state index contributed by atoms with van der Waals surface area (Å²) in [5.41, 5.74) is 13.1. The van der Waals surface area contributed by atoms with Crippen LogP contribution in [0.4, 0.5) is 0 Å². The molecule has 0 amide bonds. The molecule has 7 rings (SSSR count). The molecule has 1 atom stereocenters. The first-order chi connectivity index (χ1) is 23.8. The van der Waals surface area contributed by atoms with Gasteiger partial charge in [-0.2, -0.15) is 0 Å². The van der Waals surface area contributed by atoms with Crippen molar-refractivity contribution in [2.75, 3.05) is 13.2 Å². The Morgan fingerprint density at radius 3 is 1.45 bits per heavy atom. The van der Waals surface area contributed by atoms with E-state index in [1.807, 2.05) is 0 Å². The number of rotatable bonds is 4. The lowest BCUT2D eigenvalue weighted by molar-refractivity contribution is 0.347. The van der Waals surface area contributed by atoms with E-state index in [4.69, 9.17) is 9.73 Å². The largest absolute Gasteiger partial charge is 0.476 e. The first-order valence-corrected chi connectivity index (χ1v) is 20.7. The molecule has 0 radical (unpaired) electrons. The van der Waals surface area contributed by atoms with Gasteiger partial charge >= 0.3 is 0 Å². The van der Waals surface area contributed by atoms with Crippen LogP contribution in [0.25, 0.3) is 0 Å². The molecule has 0 aromatic heterocycles. The monoisotopic (exact) mass is 697 g/mol. The summed E-state index contributed by atoms with van der Waals surface area (Å²) in [4.78, 5) is 4.88. The quantitative estimate of drug-likeness (QED) is 0.195. The summed E-state index contributed by atoms with van der Waals surface area (Å²) in [6.45, 7) is 29.9. The van der Waals surface area contributed by atoms with Crippen LogP contribution in [-0.2, 0) is 44.7 Å². The molecule has 1 heterocycles. The molecule has 0 saturated carbocycles. The lowest BCUT2D eigenvalue weighted by Gasteiger charge is -2.35. The van der Waals surface area contributed by atoms with Gasteiger partial charge in [-0.3, -0.25) is 0 Å².